The molecular weight excluding hydrogens is 318 g/mol. The number of nitrogens with zero attached hydrogens (tertiary/aromatic N) is 4. The Morgan fingerprint density at radius 2 is 1.48 bits per heavy atom. The molecule has 1 aromatic rings. The SMILES string of the molecule is CC(=O)Nc1cc([N+](=O)[O-])c([N+](=O)[O-])cc1N(C(C)=O)[N+](=O)[O-]. The largest absolute Gasteiger partial charge is 0.348 e. The Balaban J connectivity index is 3.77. The summed E-state index contributed by atoms with van der Waals surface area (Å²) in [6.07, 6.45) is 0. The lowest BCUT2D eigenvalue weighted by molar-refractivity contribution is -0.483. The number of amides is 2. The minimum Gasteiger partial charge on any atom is -0.324 e. The van der Waals surface area contributed by atoms with Crippen LogP contribution in [-0.2, 0) is 9.59 Å². The van der Waals surface area contributed by atoms with Gasteiger partial charge in [-0.3, -0.25) is 29.8 Å². The maximum Gasteiger partial charge on any atom is 0.348 e. The Morgan fingerprint density at radius 1 is 1.00 bits per heavy atom. The Labute approximate surface area is 126 Å². The molecule has 0 spiro atoms. The average molecular weight is 327 g/mol. The van der Waals surface area contributed by atoms with Crippen LogP contribution in [0.2, 0.25) is 0 Å². The van der Waals surface area contributed by atoms with E-state index in [1.165, 1.54) is 0 Å². The van der Waals surface area contributed by atoms with Crippen LogP contribution in [0, 0.1) is 30.3 Å². The van der Waals surface area contributed by atoms with E-state index in [1.807, 2.05) is 0 Å². The Hall–Kier alpha value is -3.64. The zero-order valence-electron chi connectivity index (χ0n) is 11.7. The summed E-state index contributed by atoms with van der Waals surface area (Å²) in [7, 11) is 0. The fourth-order valence-electron chi connectivity index (χ4n) is 1.70. The summed E-state index contributed by atoms with van der Waals surface area (Å²) in [6, 6.07) is 1.06. The van der Waals surface area contributed by atoms with Gasteiger partial charge in [0.05, 0.1) is 21.6 Å². The van der Waals surface area contributed by atoms with Crippen molar-refractivity contribution in [3.63, 3.8) is 0 Å². The molecule has 1 N–H and O–H groups in total. The number of hydrazine groups is 1. The van der Waals surface area contributed by atoms with E-state index in [0.717, 1.165) is 13.8 Å². The third-order valence-corrected chi connectivity index (χ3v) is 2.49. The smallest absolute Gasteiger partial charge is 0.324 e. The van der Waals surface area contributed by atoms with E-state index in [9.17, 15) is 39.9 Å². The second-order valence-corrected chi connectivity index (χ2v) is 4.12. The van der Waals surface area contributed by atoms with Crippen molar-refractivity contribution in [2.75, 3.05) is 10.3 Å². The molecule has 0 aromatic heterocycles. The standard InChI is InChI=1S/C10H9N5O8/c1-5(16)11-7-3-9(13(18)19)10(14(20)21)4-8(7)12(6(2)17)15(22)23/h3-4H,1-2H3,(H,11,16). The van der Waals surface area contributed by atoms with E-state index in [1.54, 1.807) is 0 Å². The summed E-state index contributed by atoms with van der Waals surface area (Å²) in [6.45, 7) is 1.83. The van der Waals surface area contributed by atoms with Crippen LogP contribution in [0.5, 0.6) is 0 Å². The van der Waals surface area contributed by atoms with Gasteiger partial charge in [-0.25, -0.2) is 10.1 Å². The van der Waals surface area contributed by atoms with E-state index in [2.05, 4.69) is 5.32 Å². The molecule has 0 aliphatic carbocycles. The van der Waals surface area contributed by atoms with Gasteiger partial charge in [-0.15, -0.1) is 0 Å². The van der Waals surface area contributed by atoms with Crippen LogP contribution in [0.15, 0.2) is 12.1 Å². The summed E-state index contributed by atoms with van der Waals surface area (Å²) in [5.41, 5.74) is -3.21. The highest BCUT2D eigenvalue weighted by molar-refractivity contribution is 5.99. The third kappa shape index (κ3) is 3.72. The molecular formula is C10H9N5O8. The van der Waals surface area contributed by atoms with Crippen LogP contribution >= 0.6 is 0 Å². The molecule has 23 heavy (non-hydrogen) atoms. The maximum absolute atomic E-state index is 11.4. The molecule has 0 bridgehead atoms. The number of nitro benzene ring substituents is 2. The van der Waals surface area contributed by atoms with Crippen molar-refractivity contribution < 1.29 is 24.5 Å². The Bertz CT molecular complexity index is 716. The van der Waals surface area contributed by atoms with Gasteiger partial charge in [-0.1, -0.05) is 0 Å². The highest BCUT2D eigenvalue weighted by atomic mass is 16.7. The summed E-state index contributed by atoms with van der Waals surface area (Å²) in [4.78, 5) is 53.1. The number of hydrogen-bond donors (Lipinski definition) is 1. The molecule has 0 radical (unpaired) electrons. The quantitative estimate of drug-likeness (QED) is 0.614. The van der Waals surface area contributed by atoms with Gasteiger partial charge in [-0.05, 0) is 5.01 Å². The highest BCUT2D eigenvalue weighted by Crippen LogP contribution is 2.38. The van der Waals surface area contributed by atoms with Gasteiger partial charge >= 0.3 is 11.4 Å². The van der Waals surface area contributed by atoms with Gasteiger partial charge in [0.15, 0.2) is 5.03 Å². The summed E-state index contributed by atoms with van der Waals surface area (Å²) >= 11 is 0. The number of anilines is 2. The monoisotopic (exact) mass is 327 g/mol. The van der Waals surface area contributed by atoms with Crippen LogP contribution in [0.3, 0.4) is 0 Å². The molecule has 0 saturated heterocycles. The van der Waals surface area contributed by atoms with Gasteiger partial charge in [0, 0.05) is 19.9 Å². The van der Waals surface area contributed by atoms with Crippen molar-refractivity contribution >= 4 is 34.6 Å². The van der Waals surface area contributed by atoms with Crippen LogP contribution in [0.25, 0.3) is 0 Å². The predicted octanol–water partition coefficient (Wildman–Crippen LogP) is 1.01. The molecule has 0 saturated carbocycles. The molecule has 0 aliphatic heterocycles. The van der Waals surface area contributed by atoms with Crippen molar-refractivity contribution in [1.82, 2.24) is 0 Å². The fraction of sp³-hybridized carbons (Fsp3) is 0.200. The first-order valence-corrected chi connectivity index (χ1v) is 5.75. The van der Waals surface area contributed by atoms with Crippen molar-refractivity contribution in [3.05, 3.63) is 42.5 Å². The van der Waals surface area contributed by atoms with Crippen LogP contribution in [0.1, 0.15) is 13.8 Å². The number of nitro groups is 3. The Morgan fingerprint density at radius 3 is 1.83 bits per heavy atom. The van der Waals surface area contributed by atoms with Crippen molar-refractivity contribution in [1.29, 1.82) is 0 Å². The number of carbonyl (C=O) groups excluding carboxylic acids is 2. The zero-order chi connectivity index (χ0) is 17.9. The molecule has 13 nitrogen and oxygen atoms in total. The van der Waals surface area contributed by atoms with E-state index >= 15 is 0 Å². The molecule has 1 rings (SSSR count). The first-order valence-electron chi connectivity index (χ1n) is 5.75. The minimum atomic E-state index is -1.17. The molecule has 1 aromatic carbocycles. The lowest BCUT2D eigenvalue weighted by atomic mass is 10.2. The second kappa shape index (κ2) is 6.42. The van der Waals surface area contributed by atoms with Gasteiger partial charge in [0.25, 0.3) is 5.91 Å². The van der Waals surface area contributed by atoms with Gasteiger partial charge in [0.2, 0.25) is 5.91 Å². The van der Waals surface area contributed by atoms with E-state index in [-0.39, 0.29) is 5.01 Å². The summed E-state index contributed by atoms with van der Waals surface area (Å²) in [5.74, 6) is -1.87. The minimum absolute atomic E-state index is 0.0675. The van der Waals surface area contributed by atoms with Crippen LogP contribution in [0.4, 0.5) is 22.7 Å². The van der Waals surface area contributed by atoms with E-state index in [0.29, 0.717) is 12.1 Å². The number of rotatable bonds is 5. The van der Waals surface area contributed by atoms with Crippen LogP contribution < -0.4 is 10.3 Å². The first kappa shape index (κ1) is 17.4. The molecule has 13 heteroatoms. The van der Waals surface area contributed by atoms with Gasteiger partial charge < -0.3 is 5.32 Å². The van der Waals surface area contributed by atoms with Crippen molar-refractivity contribution in [2.45, 2.75) is 13.8 Å². The highest BCUT2D eigenvalue weighted by Gasteiger charge is 2.34. The number of nitrogens with one attached hydrogen (secondary N) is 1. The molecule has 0 fully saturated rings. The fourth-order valence-corrected chi connectivity index (χ4v) is 1.70. The first-order chi connectivity index (χ1) is 10.6. The third-order valence-electron chi connectivity index (χ3n) is 2.49. The van der Waals surface area contributed by atoms with E-state index < -0.39 is 49.4 Å². The molecule has 0 atom stereocenters. The van der Waals surface area contributed by atoms with Gasteiger partial charge in [-0.2, -0.15) is 0 Å². The molecule has 0 unspecified atom stereocenters. The molecule has 122 valence electrons. The van der Waals surface area contributed by atoms with Gasteiger partial charge in [0.1, 0.15) is 5.69 Å². The molecule has 0 aliphatic rings. The normalized spacial score (nSPS) is 9.83. The molecule has 0 heterocycles. The van der Waals surface area contributed by atoms with Crippen molar-refractivity contribution in [3.8, 4) is 0 Å². The van der Waals surface area contributed by atoms with Crippen LogP contribution in [-0.4, -0.2) is 26.7 Å². The summed E-state index contributed by atoms with van der Waals surface area (Å²) < 4.78 is 0. The lowest BCUT2D eigenvalue weighted by Gasteiger charge is -2.14. The number of hydrogen-bond acceptors (Lipinski definition) is 8. The average Bonchev–Trinajstić information content (AvgIpc) is 2.37. The lowest BCUT2D eigenvalue weighted by Crippen LogP contribution is -2.35. The van der Waals surface area contributed by atoms with Crippen molar-refractivity contribution in [2.24, 2.45) is 0 Å². The number of carbonyl (C=O) groups is 2. The predicted molar refractivity (Wildman–Crippen MR) is 74.2 cm³/mol. The van der Waals surface area contributed by atoms with E-state index in [4.69, 9.17) is 0 Å². The Kier molecular flexibility index (Phi) is 4.86. The second-order valence-electron chi connectivity index (χ2n) is 4.12. The zero-order valence-corrected chi connectivity index (χ0v) is 11.7. The summed E-state index contributed by atoms with van der Waals surface area (Å²) in [5, 5.41) is 33.6. The molecule has 2 amide bonds. The maximum atomic E-state index is 11.4. The number of benzene rings is 1. The topological polar surface area (TPSA) is 179 Å².